The molecule has 13 heavy (non-hydrogen) atoms. The summed E-state index contributed by atoms with van der Waals surface area (Å²) in [6, 6.07) is 10.7. The smallest absolute Gasteiger partial charge is 0.00927 e. The van der Waals surface area contributed by atoms with Crippen molar-refractivity contribution in [3.63, 3.8) is 0 Å². The molecule has 0 heterocycles. The highest BCUT2D eigenvalue weighted by Crippen LogP contribution is 2.25. The average molecular weight is 194 g/mol. The fraction of sp³-hybridized carbons (Fsp3) is 0.500. The largest absolute Gasteiger partial charge is 0.179 e. The molecule has 0 fully saturated rings. The highest BCUT2D eigenvalue weighted by atomic mass is 32.1. The number of rotatable bonds is 4. The minimum absolute atomic E-state index is 0.378. The van der Waals surface area contributed by atoms with Gasteiger partial charge in [-0.15, -0.1) is 0 Å². The molecule has 0 bridgehead atoms. The van der Waals surface area contributed by atoms with Gasteiger partial charge in [-0.25, -0.2) is 0 Å². The van der Waals surface area contributed by atoms with Crippen LogP contribution in [0.2, 0.25) is 0 Å². The number of thiol groups is 1. The van der Waals surface area contributed by atoms with Gasteiger partial charge in [0.05, 0.1) is 0 Å². The minimum Gasteiger partial charge on any atom is -0.179 e. The van der Waals surface area contributed by atoms with Gasteiger partial charge in [-0.05, 0) is 29.6 Å². The van der Waals surface area contributed by atoms with Gasteiger partial charge in [-0.3, -0.25) is 0 Å². The zero-order valence-electron chi connectivity index (χ0n) is 8.46. The van der Waals surface area contributed by atoms with Gasteiger partial charge < -0.3 is 0 Å². The van der Waals surface area contributed by atoms with Crippen LogP contribution in [-0.4, -0.2) is 5.75 Å². The van der Waals surface area contributed by atoms with Crippen molar-refractivity contribution in [3.05, 3.63) is 35.9 Å². The third kappa shape index (κ3) is 3.86. The predicted molar refractivity (Wildman–Crippen MR) is 62.4 cm³/mol. The quantitative estimate of drug-likeness (QED) is 0.696. The fourth-order valence-electron chi connectivity index (χ4n) is 1.54. The van der Waals surface area contributed by atoms with Crippen molar-refractivity contribution >= 4 is 12.6 Å². The third-order valence-electron chi connectivity index (χ3n) is 2.31. The van der Waals surface area contributed by atoms with Crippen LogP contribution in [0.3, 0.4) is 0 Å². The van der Waals surface area contributed by atoms with Crippen molar-refractivity contribution in [2.24, 2.45) is 5.41 Å². The van der Waals surface area contributed by atoms with E-state index in [1.54, 1.807) is 0 Å². The first-order valence-electron chi connectivity index (χ1n) is 4.79. The standard InChI is InChI=1S/C12H18S/c1-12(2,8-9-13)10-11-6-4-3-5-7-11/h3-7,13H,8-10H2,1-2H3. The molecule has 0 aliphatic carbocycles. The summed E-state index contributed by atoms with van der Waals surface area (Å²) < 4.78 is 0. The van der Waals surface area contributed by atoms with Gasteiger partial charge in [-0.2, -0.15) is 12.6 Å². The third-order valence-corrected chi connectivity index (χ3v) is 2.54. The Bertz CT molecular complexity index is 239. The van der Waals surface area contributed by atoms with Gasteiger partial charge in [0.1, 0.15) is 0 Å². The lowest BCUT2D eigenvalue weighted by molar-refractivity contribution is 0.353. The Hall–Kier alpha value is -0.430. The van der Waals surface area contributed by atoms with E-state index in [2.05, 4.69) is 56.8 Å². The Morgan fingerprint density at radius 3 is 2.31 bits per heavy atom. The first kappa shape index (κ1) is 10.6. The van der Waals surface area contributed by atoms with E-state index in [4.69, 9.17) is 0 Å². The van der Waals surface area contributed by atoms with E-state index in [1.807, 2.05) is 0 Å². The SMILES string of the molecule is CC(C)(CCS)Cc1ccccc1. The van der Waals surface area contributed by atoms with Crippen molar-refractivity contribution in [3.8, 4) is 0 Å². The molecule has 1 heteroatoms. The molecule has 1 rings (SSSR count). The molecular weight excluding hydrogens is 176 g/mol. The number of benzene rings is 1. The van der Waals surface area contributed by atoms with Crippen LogP contribution in [0.5, 0.6) is 0 Å². The van der Waals surface area contributed by atoms with Gasteiger partial charge in [0.25, 0.3) is 0 Å². The maximum atomic E-state index is 4.28. The van der Waals surface area contributed by atoms with E-state index in [1.165, 1.54) is 12.0 Å². The Morgan fingerprint density at radius 2 is 1.77 bits per heavy atom. The number of hydrogen-bond donors (Lipinski definition) is 1. The van der Waals surface area contributed by atoms with E-state index in [0.29, 0.717) is 5.41 Å². The molecule has 0 aliphatic heterocycles. The molecule has 0 atom stereocenters. The highest BCUT2D eigenvalue weighted by molar-refractivity contribution is 7.80. The molecule has 0 saturated heterocycles. The summed E-state index contributed by atoms with van der Waals surface area (Å²) in [4.78, 5) is 0. The summed E-state index contributed by atoms with van der Waals surface area (Å²) in [7, 11) is 0. The Kier molecular flexibility index (Phi) is 3.86. The van der Waals surface area contributed by atoms with Crippen molar-refractivity contribution in [2.75, 3.05) is 5.75 Å². The van der Waals surface area contributed by atoms with E-state index >= 15 is 0 Å². The van der Waals surface area contributed by atoms with Crippen LogP contribution < -0.4 is 0 Å². The van der Waals surface area contributed by atoms with Crippen molar-refractivity contribution in [1.29, 1.82) is 0 Å². The molecule has 0 unspecified atom stereocenters. The first-order valence-corrected chi connectivity index (χ1v) is 5.42. The Morgan fingerprint density at radius 1 is 1.15 bits per heavy atom. The summed E-state index contributed by atoms with van der Waals surface area (Å²) in [5.41, 5.74) is 1.80. The fourth-order valence-corrected chi connectivity index (χ4v) is 2.14. The van der Waals surface area contributed by atoms with E-state index in [-0.39, 0.29) is 0 Å². The lowest BCUT2D eigenvalue weighted by atomic mass is 9.83. The molecule has 0 N–H and O–H groups in total. The van der Waals surface area contributed by atoms with Crippen molar-refractivity contribution in [2.45, 2.75) is 26.7 Å². The van der Waals surface area contributed by atoms with Crippen LogP contribution in [0, 0.1) is 5.41 Å². The molecule has 1 aromatic rings. The molecular formula is C12H18S. The van der Waals surface area contributed by atoms with Crippen molar-refractivity contribution < 1.29 is 0 Å². The molecule has 0 saturated carbocycles. The highest BCUT2D eigenvalue weighted by Gasteiger charge is 2.16. The average Bonchev–Trinajstić information content (AvgIpc) is 2.04. The molecule has 72 valence electrons. The van der Waals surface area contributed by atoms with Gasteiger partial charge in [0, 0.05) is 0 Å². The molecule has 0 aromatic heterocycles. The van der Waals surface area contributed by atoms with Crippen LogP contribution in [0.15, 0.2) is 30.3 Å². The predicted octanol–water partition coefficient (Wildman–Crippen LogP) is 3.58. The summed E-state index contributed by atoms with van der Waals surface area (Å²) in [5.74, 6) is 0.972. The van der Waals surface area contributed by atoms with Crippen LogP contribution in [0.25, 0.3) is 0 Å². The van der Waals surface area contributed by atoms with Crippen molar-refractivity contribution in [1.82, 2.24) is 0 Å². The summed E-state index contributed by atoms with van der Waals surface area (Å²) in [6.45, 7) is 4.60. The second kappa shape index (κ2) is 4.71. The topological polar surface area (TPSA) is 0 Å². The van der Waals surface area contributed by atoms with E-state index in [9.17, 15) is 0 Å². The van der Waals surface area contributed by atoms with Crippen LogP contribution in [0.1, 0.15) is 25.8 Å². The van der Waals surface area contributed by atoms with Gasteiger partial charge in [0.2, 0.25) is 0 Å². The maximum Gasteiger partial charge on any atom is -0.00927 e. The van der Waals surface area contributed by atoms with E-state index < -0.39 is 0 Å². The first-order chi connectivity index (χ1) is 6.14. The molecule has 0 amide bonds. The van der Waals surface area contributed by atoms with Crippen LogP contribution in [0.4, 0.5) is 0 Å². The Labute approximate surface area is 86.8 Å². The maximum absolute atomic E-state index is 4.28. The monoisotopic (exact) mass is 194 g/mol. The van der Waals surface area contributed by atoms with E-state index in [0.717, 1.165) is 12.2 Å². The molecule has 1 aromatic carbocycles. The van der Waals surface area contributed by atoms with Crippen LogP contribution >= 0.6 is 12.6 Å². The zero-order chi connectivity index (χ0) is 9.73. The summed E-state index contributed by atoms with van der Waals surface area (Å²) in [6.07, 6.45) is 2.32. The van der Waals surface area contributed by atoms with Crippen LogP contribution in [-0.2, 0) is 6.42 Å². The molecule has 0 spiro atoms. The molecule has 0 nitrogen and oxygen atoms in total. The Balaban J connectivity index is 2.58. The lowest BCUT2D eigenvalue weighted by Crippen LogP contribution is -2.15. The molecule has 0 radical (unpaired) electrons. The van der Waals surface area contributed by atoms with Gasteiger partial charge >= 0.3 is 0 Å². The summed E-state index contributed by atoms with van der Waals surface area (Å²) in [5, 5.41) is 0. The lowest BCUT2D eigenvalue weighted by Gasteiger charge is -2.23. The normalized spacial score (nSPS) is 11.6. The summed E-state index contributed by atoms with van der Waals surface area (Å²) >= 11 is 4.28. The minimum atomic E-state index is 0.378. The molecule has 0 aliphatic rings. The second-order valence-corrected chi connectivity index (χ2v) is 4.75. The van der Waals surface area contributed by atoms with Gasteiger partial charge in [-0.1, -0.05) is 44.2 Å². The number of hydrogen-bond acceptors (Lipinski definition) is 1. The zero-order valence-corrected chi connectivity index (χ0v) is 9.35. The van der Waals surface area contributed by atoms with Gasteiger partial charge in [0.15, 0.2) is 0 Å². The second-order valence-electron chi connectivity index (χ2n) is 4.30.